The van der Waals surface area contributed by atoms with Crippen LogP contribution >= 0.6 is 0 Å². The van der Waals surface area contributed by atoms with Gasteiger partial charge in [0.1, 0.15) is 0 Å². The molecular weight excluding hydrogens is 264 g/mol. The Bertz CT molecular complexity index is 259. The van der Waals surface area contributed by atoms with Gasteiger partial charge in [0.15, 0.2) is 0 Å². The van der Waals surface area contributed by atoms with Crippen LogP contribution in [-0.4, -0.2) is 52.6 Å². The monoisotopic (exact) mass is 288 g/mol. The third-order valence-corrected chi connectivity index (χ3v) is 2.33. The van der Waals surface area contributed by atoms with Crippen molar-refractivity contribution in [1.29, 1.82) is 0 Å². The lowest BCUT2D eigenvalue weighted by Gasteiger charge is -2.02. The molecule has 0 aliphatic rings. The smallest absolute Gasteiger partial charge is 0.331 e. The summed E-state index contributed by atoms with van der Waals surface area (Å²) in [5.74, 6) is -1.09. The minimum atomic E-state index is -0.543. The summed E-state index contributed by atoms with van der Waals surface area (Å²) in [5.41, 5.74) is 0. The van der Waals surface area contributed by atoms with Gasteiger partial charge in [0.05, 0.1) is 13.2 Å². The topological polar surface area (TPSA) is 71.1 Å². The molecule has 0 saturated heterocycles. The van der Waals surface area contributed by atoms with E-state index in [4.69, 9.17) is 18.9 Å². The van der Waals surface area contributed by atoms with Crippen LogP contribution in [0.2, 0.25) is 0 Å². The molecule has 0 N–H and O–H groups in total. The average Bonchev–Trinajstić information content (AvgIpc) is 2.44. The van der Waals surface area contributed by atoms with E-state index in [0.29, 0.717) is 26.4 Å². The lowest BCUT2D eigenvalue weighted by molar-refractivity contribution is -0.140. The van der Waals surface area contributed by atoms with Gasteiger partial charge >= 0.3 is 11.9 Å². The summed E-state index contributed by atoms with van der Waals surface area (Å²) >= 11 is 0. The fourth-order valence-electron chi connectivity index (χ4n) is 1.27. The van der Waals surface area contributed by atoms with E-state index in [1.807, 2.05) is 0 Å². The molecule has 0 radical (unpaired) electrons. The van der Waals surface area contributed by atoms with Crippen LogP contribution in [0.1, 0.15) is 25.7 Å². The number of esters is 2. The van der Waals surface area contributed by atoms with Crippen LogP contribution in [0.5, 0.6) is 0 Å². The molecule has 0 aliphatic heterocycles. The Morgan fingerprint density at radius 2 is 1.05 bits per heavy atom. The van der Waals surface area contributed by atoms with Crippen molar-refractivity contribution in [2.45, 2.75) is 25.7 Å². The molecule has 0 heterocycles. The largest absolute Gasteiger partial charge is 0.463 e. The molecule has 0 aromatic rings. The first-order valence-corrected chi connectivity index (χ1v) is 6.70. The van der Waals surface area contributed by atoms with Gasteiger partial charge in [-0.1, -0.05) is 0 Å². The van der Waals surface area contributed by atoms with Gasteiger partial charge in [0, 0.05) is 39.6 Å². The van der Waals surface area contributed by atoms with E-state index < -0.39 is 11.9 Å². The number of hydrogen-bond donors (Lipinski definition) is 0. The summed E-state index contributed by atoms with van der Waals surface area (Å²) in [6, 6.07) is 0. The van der Waals surface area contributed by atoms with Crippen molar-refractivity contribution in [3.8, 4) is 0 Å². The van der Waals surface area contributed by atoms with Gasteiger partial charge < -0.3 is 18.9 Å². The Kier molecular flexibility index (Phi) is 13.0. The summed E-state index contributed by atoms with van der Waals surface area (Å²) in [6.07, 6.45) is 5.28. The summed E-state index contributed by atoms with van der Waals surface area (Å²) in [5, 5.41) is 0. The Hall–Kier alpha value is -1.40. The number of carbonyl (C=O) groups is 2. The van der Waals surface area contributed by atoms with Crippen LogP contribution in [0.3, 0.4) is 0 Å². The number of carbonyl (C=O) groups excluding carboxylic acids is 2. The summed E-state index contributed by atoms with van der Waals surface area (Å²) in [4.78, 5) is 22.5. The van der Waals surface area contributed by atoms with E-state index in [-0.39, 0.29) is 0 Å². The normalized spacial score (nSPS) is 10.7. The maximum absolute atomic E-state index is 11.2. The highest BCUT2D eigenvalue weighted by Gasteiger charge is 2.01. The Balaban J connectivity index is 3.54. The standard InChI is InChI=1S/C14H24O6/c1-17-9-3-5-11-19-13(15)7-8-14(16)20-12-6-4-10-18-2/h7-8H,3-6,9-12H2,1-2H3/b8-7-. The molecule has 116 valence electrons. The predicted molar refractivity (Wildman–Crippen MR) is 73.3 cm³/mol. The van der Waals surface area contributed by atoms with Crippen molar-refractivity contribution < 1.29 is 28.5 Å². The first-order valence-electron chi connectivity index (χ1n) is 6.70. The zero-order chi connectivity index (χ0) is 15.1. The van der Waals surface area contributed by atoms with Crippen molar-refractivity contribution in [1.82, 2.24) is 0 Å². The summed E-state index contributed by atoms with van der Waals surface area (Å²) in [7, 11) is 3.24. The van der Waals surface area contributed by atoms with Crippen molar-refractivity contribution in [3.63, 3.8) is 0 Å². The second-order valence-electron chi connectivity index (χ2n) is 4.07. The highest BCUT2D eigenvalue weighted by Crippen LogP contribution is 1.94. The molecule has 0 amide bonds. The van der Waals surface area contributed by atoms with E-state index in [1.165, 1.54) is 0 Å². The van der Waals surface area contributed by atoms with E-state index >= 15 is 0 Å². The van der Waals surface area contributed by atoms with Crippen molar-refractivity contribution in [2.24, 2.45) is 0 Å². The zero-order valence-corrected chi connectivity index (χ0v) is 12.3. The average molecular weight is 288 g/mol. The molecule has 6 nitrogen and oxygen atoms in total. The molecule has 0 aliphatic carbocycles. The van der Waals surface area contributed by atoms with Gasteiger partial charge in [-0.3, -0.25) is 0 Å². The Labute approximate surface area is 120 Å². The lowest BCUT2D eigenvalue weighted by Crippen LogP contribution is -2.07. The molecule has 6 heteroatoms. The quantitative estimate of drug-likeness (QED) is 0.308. The molecule has 0 bridgehead atoms. The van der Waals surface area contributed by atoms with Gasteiger partial charge in [0.2, 0.25) is 0 Å². The second-order valence-corrected chi connectivity index (χ2v) is 4.07. The SMILES string of the molecule is COCCCCOC(=O)/C=C\C(=O)OCCCCOC. The zero-order valence-electron chi connectivity index (χ0n) is 12.3. The Morgan fingerprint density at radius 3 is 1.40 bits per heavy atom. The molecule has 0 unspecified atom stereocenters. The lowest BCUT2D eigenvalue weighted by atomic mass is 10.3. The van der Waals surface area contributed by atoms with Gasteiger partial charge in [-0.25, -0.2) is 9.59 Å². The molecule has 0 aromatic heterocycles. The summed E-state index contributed by atoms with van der Waals surface area (Å²) in [6.45, 7) is 1.92. The van der Waals surface area contributed by atoms with E-state index in [1.54, 1.807) is 14.2 Å². The Morgan fingerprint density at radius 1 is 0.700 bits per heavy atom. The van der Waals surface area contributed by atoms with Crippen LogP contribution in [0.25, 0.3) is 0 Å². The van der Waals surface area contributed by atoms with Gasteiger partial charge in [-0.05, 0) is 25.7 Å². The molecule has 20 heavy (non-hydrogen) atoms. The van der Waals surface area contributed by atoms with Crippen LogP contribution in [0.4, 0.5) is 0 Å². The maximum atomic E-state index is 11.2. The van der Waals surface area contributed by atoms with Crippen LogP contribution in [0.15, 0.2) is 12.2 Å². The van der Waals surface area contributed by atoms with Gasteiger partial charge in [-0.2, -0.15) is 0 Å². The van der Waals surface area contributed by atoms with Crippen molar-refractivity contribution in [3.05, 3.63) is 12.2 Å². The first-order chi connectivity index (χ1) is 9.70. The maximum Gasteiger partial charge on any atom is 0.331 e. The van der Waals surface area contributed by atoms with Crippen molar-refractivity contribution >= 4 is 11.9 Å². The van der Waals surface area contributed by atoms with Crippen LogP contribution < -0.4 is 0 Å². The molecular formula is C14H24O6. The fourth-order valence-corrected chi connectivity index (χ4v) is 1.27. The number of rotatable bonds is 12. The molecule has 0 fully saturated rings. The van der Waals surface area contributed by atoms with E-state index in [2.05, 4.69) is 0 Å². The van der Waals surface area contributed by atoms with E-state index in [9.17, 15) is 9.59 Å². The highest BCUT2D eigenvalue weighted by atomic mass is 16.5. The minimum Gasteiger partial charge on any atom is -0.463 e. The minimum absolute atomic E-state index is 0.318. The first kappa shape index (κ1) is 18.6. The van der Waals surface area contributed by atoms with Crippen molar-refractivity contribution in [2.75, 3.05) is 40.6 Å². The molecule has 0 aromatic carbocycles. The number of unbranched alkanes of at least 4 members (excludes halogenated alkanes) is 2. The fraction of sp³-hybridized carbons (Fsp3) is 0.714. The number of hydrogen-bond acceptors (Lipinski definition) is 6. The second kappa shape index (κ2) is 14.0. The van der Waals surface area contributed by atoms with Gasteiger partial charge in [-0.15, -0.1) is 0 Å². The molecule has 0 saturated carbocycles. The van der Waals surface area contributed by atoms with Crippen LogP contribution in [0, 0.1) is 0 Å². The van der Waals surface area contributed by atoms with Gasteiger partial charge in [0.25, 0.3) is 0 Å². The number of methoxy groups -OCH3 is 2. The molecule has 0 atom stereocenters. The molecule has 0 rings (SSSR count). The predicted octanol–water partition coefficient (Wildman–Crippen LogP) is 1.48. The summed E-state index contributed by atoms with van der Waals surface area (Å²) < 4.78 is 19.5. The third kappa shape index (κ3) is 13.0. The van der Waals surface area contributed by atoms with E-state index in [0.717, 1.165) is 37.8 Å². The highest BCUT2D eigenvalue weighted by molar-refractivity contribution is 5.91. The molecule has 0 spiro atoms. The number of ether oxygens (including phenoxy) is 4. The third-order valence-electron chi connectivity index (χ3n) is 2.33. The van der Waals surface area contributed by atoms with Crippen LogP contribution in [-0.2, 0) is 28.5 Å².